The van der Waals surface area contributed by atoms with Crippen molar-refractivity contribution in [1.82, 2.24) is 9.80 Å². The lowest BCUT2D eigenvalue weighted by atomic mass is 9.96. The minimum absolute atomic E-state index is 0.214. The molecule has 84 valence electrons. The molecule has 2 atom stereocenters. The first kappa shape index (κ1) is 9.46. The van der Waals surface area contributed by atoms with Gasteiger partial charge in [0.15, 0.2) is 5.96 Å². The van der Waals surface area contributed by atoms with E-state index in [-0.39, 0.29) is 5.54 Å². The normalized spacial score (nSPS) is 41.6. The van der Waals surface area contributed by atoms with Crippen LogP contribution in [0, 0.1) is 0 Å². The number of aliphatic imine (C=N–C) groups is 1. The summed E-state index contributed by atoms with van der Waals surface area (Å²) in [5, 5.41) is 0. The van der Waals surface area contributed by atoms with E-state index < -0.39 is 0 Å². The molecule has 1 spiro atoms. The largest absolute Gasteiger partial charge is 0.370 e. The maximum atomic E-state index is 5.87. The fourth-order valence-corrected chi connectivity index (χ4v) is 3.16. The molecule has 2 aliphatic heterocycles. The maximum Gasteiger partial charge on any atom is 0.191 e. The number of guanidine groups is 1. The van der Waals surface area contributed by atoms with Gasteiger partial charge in [0.2, 0.25) is 0 Å². The van der Waals surface area contributed by atoms with Crippen LogP contribution < -0.4 is 5.73 Å². The highest BCUT2D eigenvalue weighted by Gasteiger charge is 2.51. The lowest BCUT2D eigenvalue weighted by Gasteiger charge is -2.32. The Morgan fingerprint density at radius 1 is 1.47 bits per heavy atom. The zero-order chi connectivity index (χ0) is 10.6. The van der Waals surface area contributed by atoms with E-state index in [2.05, 4.69) is 28.8 Å². The van der Waals surface area contributed by atoms with Gasteiger partial charge in [-0.05, 0) is 26.2 Å². The molecule has 0 aromatic rings. The molecule has 3 rings (SSSR count). The topological polar surface area (TPSA) is 44.9 Å². The highest BCUT2D eigenvalue weighted by atomic mass is 15.4. The standard InChI is InChI=1S/C11H20N4/c1-8-5-11(6-13-10(12)14(11)2)7-15(8)9-3-4-9/h8-9H,3-7H2,1-2H3,(H2,12,13). The summed E-state index contributed by atoms with van der Waals surface area (Å²) >= 11 is 0. The average Bonchev–Trinajstić information content (AvgIpc) is 2.95. The number of nitrogens with zero attached hydrogens (tertiary/aromatic N) is 3. The van der Waals surface area contributed by atoms with Crippen LogP contribution in [0.1, 0.15) is 26.2 Å². The maximum absolute atomic E-state index is 5.87. The van der Waals surface area contributed by atoms with Crippen LogP contribution in [-0.4, -0.2) is 53.5 Å². The predicted octanol–water partition coefficient (Wildman–Crippen LogP) is 0.242. The van der Waals surface area contributed by atoms with E-state index in [1.807, 2.05) is 0 Å². The number of hydrogen-bond donors (Lipinski definition) is 1. The van der Waals surface area contributed by atoms with Crippen LogP contribution in [0.4, 0.5) is 0 Å². The molecule has 2 heterocycles. The van der Waals surface area contributed by atoms with E-state index in [1.54, 1.807) is 0 Å². The molecule has 4 heteroatoms. The first-order valence-corrected chi connectivity index (χ1v) is 5.92. The minimum atomic E-state index is 0.214. The summed E-state index contributed by atoms with van der Waals surface area (Å²) in [6.45, 7) is 4.39. The highest BCUT2D eigenvalue weighted by molar-refractivity contribution is 5.80. The predicted molar refractivity (Wildman–Crippen MR) is 60.8 cm³/mol. The van der Waals surface area contributed by atoms with Crippen LogP contribution in [-0.2, 0) is 0 Å². The molecule has 2 unspecified atom stereocenters. The van der Waals surface area contributed by atoms with Crippen molar-refractivity contribution in [1.29, 1.82) is 0 Å². The van der Waals surface area contributed by atoms with Gasteiger partial charge in [-0.25, -0.2) is 0 Å². The molecule has 0 bridgehead atoms. The Kier molecular flexibility index (Phi) is 1.81. The van der Waals surface area contributed by atoms with Crippen molar-refractivity contribution in [3.8, 4) is 0 Å². The zero-order valence-corrected chi connectivity index (χ0v) is 9.61. The van der Waals surface area contributed by atoms with Crippen LogP contribution in [0.3, 0.4) is 0 Å². The smallest absolute Gasteiger partial charge is 0.191 e. The molecule has 2 fully saturated rings. The van der Waals surface area contributed by atoms with Crippen molar-refractivity contribution in [3.63, 3.8) is 0 Å². The third kappa shape index (κ3) is 1.27. The molecule has 15 heavy (non-hydrogen) atoms. The van der Waals surface area contributed by atoms with Crippen LogP contribution >= 0.6 is 0 Å². The molecular weight excluding hydrogens is 188 g/mol. The van der Waals surface area contributed by atoms with Gasteiger partial charge in [-0.3, -0.25) is 9.89 Å². The second-order valence-corrected chi connectivity index (χ2v) is 5.41. The Bertz CT molecular complexity index is 310. The van der Waals surface area contributed by atoms with Crippen molar-refractivity contribution in [2.45, 2.75) is 43.8 Å². The van der Waals surface area contributed by atoms with E-state index in [4.69, 9.17) is 5.73 Å². The Morgan fingerprint density at radius 2 is 2.20 bits per heavy atom. The number of likely N-dealkylation sites (tertiary alicyclic amines) is 1. The summed E-state index contributed by atoms with van der Waals surface area (Å²) < 4.78 is 0. The Hall–Kier alpha value is -0.770. The summed E-state index contributed by atoms with van der Waals surface area (Å²) in [4.78, 5) is 9.25. The van der Waals surface area contributed by atoms with Gasteiger partial charge in [-0.15, -0.1) is 0 Å². The van der Waals surface area contributed by atoms with Crippen LogP contribution in [0.15, 0.2) is 4.99 Å². The molecule has 4 nitrogen and oxygen atoms in total. The molecule has 2 N–H and O–H groups in total. The molecule has 1 aliphatic carbocycles. The number of nitrogens with two attached hydrogens (primary N) is 1. The summed E-state index contributed by atoms with van der Waals surface area (Å²) in [7, 11) is 2.09. The van der Waals surface area contributed by atoms with Crippen molar-refractivity contribution < 1.29 is 0 Å². The van der Waals surface area contributed by atoms with Gasteiger partial charge in [0.1, 0.15) is 0 Å². The molecule has 3 aliphatic rings. The quantitative estimate of drug-likeness (QED) is 0.671. The Morgan fingerprint density at radius 3 is 2.73 bits per heavy atom. The van der Waals surface area contributed by atoms with Crippen LogP contribution in [0.5, 0.6) is 0 Å². The molecule has 0 aromatic heterocycles. The molecule has 0 aromatic carbocycles. The van der Waals surface area contributed by atoms with Gasteiger partial charge >= 0.3 is 0 Å². The fourth-order valence-electron chi connectivity index (χ4n) is 3.16. The van der Waals surface area contributed by atoms with Gasteiger partial charge < -0.3 is 10.6 Å². The van der Waals surface area contributed by atoms with Crippen molar-refractivity contribution in [3.05, 3.63) is 0 Å². The molecule has 1 saturated carbocycles. The van der Waals surface area contributed by atoms with Gasteiger partial charge in [-0.2, -0.15) is 0 Å². The zero-order valence-electron chi connectivity index (χ0n) is 9.61. The van der Waals surface area contributed by atoms with Crippen molar-refractivity contribution in [2.24, 2.45) is 10.7 Å². The third-order valence-corrected chi connectivity index (χ3v) is 4.32. The first-order chi connectivity index (χ1) is 7.12. The number of hydrogen-bond acceptors (Lipinski definition) is 4. The highest BCUT2D eigenvalue weighted by Crippen LogP contribution is 2.40. The second kappa shape index (κ2) is 2.88. The second-order valence-electron chi connectivity index (χ2n) is 5.41. The molecular formula is C11H20N4. The number of rotatable bonds is 1. The molecule has 0 amide bonds. The van der Waals surface area contributed by atoms with E-state index >= 15 is 0 Å². The summed E-state index contributed by atoms with van der Waals surface area (Å²) in [6.07, 6.45) is 3.99. The van der Waals surface area contributed by atoms with E-state index in [9.17, 15) is 0 Å². The van der Waals surface area contributed by atoms with Gasteiger partial charge in [0, 0.05) is 25.7 Å². The lowest BCUT2D eigenvalue weighted by molar-refractivity contribution is 0.211. The first-order valence-electron chi connectivity index (χ1n) is 5.92. The molecule has 1 saturated heterocycles. The van der Waals surface area contributed by atoms with Gasteiger partial charge in [-0.1, -0.05) is 0 Å². The lowest BCUT2D eigenvalue weighted by Crippen LogP contribution is -2.51. The molecule has 0 radical (unpaired) electrons. The third-order valence-electron chi connectivity index (χ3n) is 4.32. The Labute approximate surface area is 91.1 Å². The SMILES string of the molecule is CC1CC2(CN=C(N)N2C)CN1C1CC1. The van der Waals surface area contributed by atoms with E-state index in [0.29, 0.717) is 6.04 Å². The Balaban J connectivity index is 1.79. The van der Waals surface area contributed by atoms with Crippen molar-refractivity contribution >= 4 is 5.96 Å². The average molecular weight is 208 g/mol. The van der Waals surface area contributed by atoms with Crippen LogP contribution in [0.2, 0.25) is 0 Å². The van der Waals surface area contributed by atoms with Gasteiger partial charge in [0.05, 0.1) is 12.1 Å². The van der Waals surface area contributed by atoms with E-state index in [1.165, 1.54) is 19.3 Å². The number of likely N-dealkylation sites (N-methyl/N-ethyl adjacent to an activating group) is 1. The summed E-state index contributed by atoms with van der Waals surface area (Å²) in [5.41, 5.74) is 6.09. The fraction of sp³-hybridized carbons (Fsp3) is 0.909. The van der Waals surface area contributed by atoms with Crippen molar-refractivity contribution in [2.75, 3.05) is 20.1 Å². The van der Waals surface area contributed by atoms with Gasteiger partial charge in [0.25, 0.3) is 0 Å². The monoisotopic (exact) mass is 208 g/mol. The summed E-state index contributed by atoms with van der Waals surface area (Å²) in [6, 6.07) is 1.55. The van der Waals surface area contributed by atoms with Crippen LogP contribution in [0.25, 0.3) is 0 Å². The minimum Gasteiger partial charge on any atom is -0.370 e. The van der Waals surface area contributed by atoms with E-state index in [0.717, 1.165) is 25.1 Å². The summed E-state index contributed by atoms with van der Waals surface area (Å²) in [5.74, 6) is 0.722.